The molecule has 2 aromatic carbocycles. The number of nitrogens with zero attached hydrogens (tertiary/aromatic N) is 2. The summed E-state index contributed by atoms with van der Waals surface area (Å²) in [7, 11) is 0. The Morgan fingerprint density at radius 2 is 1.79 bits per heavy atom. The predicted octanol–water partition coefficient (Wildman–Crippen LogP) is 2.97. The second-order valence-corrected chi connectivity index (χ2v) is 4.68. The molecule has 0 aliphatic heterocycles. The predicted molar refractivity (Wildman–Crippen MR) is 79.0 cm³/mol. The van der Waals surface area contributed by atoms with Gasteiger partial charge in [0.2, 0.25) is 0 Å². The lowest BCUT2D eigenvalue weighted by atomic mass is 10.1. The van der Waals surface area contributed by atoms with E-state index in [1.165, 1.54) is 11.1 Å². The minimum Gasteiger partial charge on any atom is -0.329 e. The zero-order valence-electron chi connectivity index (χ0n) is 11.0. The van der Waals surface area contributed by atoms with Gasteiger partial charge in [-0.3, -0.25) is 0 Å². The zero-order valence-corrected chi connectivity index (χ0v) is 11.0. The van der Waals surface area contributed by atoms with Crippen molar-refractivity contribution in [2.24, 2.45) is 5.73 Å². The summed E-state index contributed by atoms with van der Waals surface area (Å²) in [6.07, 6.45) is 0. The van der Waals surface area contributed by atoms with Crippen LogP contribution in [0.5, 0.6) is 0 Å². The molecule has 0 radical (unpaired) electrons. The second-order valence-electron chi connectivity index (χ2n) is 4.68. The molecule has 3 aromatic rings. The molecule has 0 saturated carbocycles. The molecular weight excluding hydrogens is 234 g/mol. The van der Waals surface area contributed by atoms with E-state index in [2.05, 4.69) is 41.8 Å². The Bertz CT molecular complexity index is 713. The van der Waals surface area contributed by atoms with Gasteiger partial charge in [-0.1, -0.05) is 36.4 Å². The molecule has 3 nitrogen and oxygen atoms in total. The topological polar surface area (TPSA) is 43.8 Å². The van der Waals surface area contributed by atoms with Gasteiger partial charge in [-0.15, -0.1) is 0 Å². The van der Waals surface area contributed by atoms with Gasteiger partial charge in [-0.05, 0) is 24.6 Å². The second kappa shape index (κ2) is 4.86. The van der Waals surface area contributed by atoms with Gasteiger partial charge in [0.25, 0.3) is 0 Å². The molecule has 0 aliphatic carbocycles. The lowest BCUT2D eigenvalue weighted by molar-refractivity contribution is 0.735. The molecule has 2 N–H and O–H groups in total. The maximum absolute atomic E-state index is 5.75. The van der Waals surface area contributed by atoms with Crippen LogP contribution in [0.4, 0.5) is 0 Å². The number of para-hydroxylation sites is 2. The summed E-state index contributed by atoms with van der Waals surface area (Å²) in [6, 6.07) is 16.5. The number of aromatic nitrogens is 2. The Morgan fingerprint density at radius 1 is 1.05 bits per heavy atom. The molecule has 0 saturated heterocycles. The molecular formula is C16H17N3. The first-order valence-corrected chi connectivity index (χ1v) is 6.52. The minimum atomic E-state index is 0.610. The van der Waals surface area contributed by atoms with Gasteiger partial charge in [0.05, 0.1) is 11.0 Å². The fourth-order valence-corrected chi connectivity index (χ4v) is 2.46. The molecule has 19 heavy (non-hydrogen) atoms. The molecule has 1 heterocycles. The summed E-state index contributed by atoms with van der Waals surface area (Å²) >= 11 is 0. The molecule has 3 heteroatoms. The number of benzene rings is 2. The number of aryl methyl sites for hydroxylation is 1. The summed E-state index contributed by atoms with van der Waals surface area (Å²) in [5.74, 6) is 1.00. The standard InChI is InChI=1S/C16H17N3/c1-12-6-2-3-7-13(12)16-18-14-8-4-5-9-15(14)19(16)11-10-17/h2-9H,10-11,17H2,1H3. The summed E-state index contributed by atoms with van der Waals surface area (Å²) in [4.78, 5) is 4.77. The van der Waals surface area contributed by atoms with Crippen LogP contribution in [0, 0.1) is 6.92 Å². The molecule has 0 unspecified atom stereocenters. The highest BCUT2D eigenvalue weighted by molar-refractivity contribution is 5.81. The van der Waals surface area contributed by atoms with E-state index in [9.17, 15) is 0 Å². The van der Waals surface area contributed by atoms with Crippen molar-refractivity contribution < 1.29 is 0 Å². The Labute approximate surface area is 112 Å². The van der Waals surface area contributed by atoms with Crippen LogP contribution in [0.25, 0.3) is 22.4 Å². The number of hydrogen-bond donors (Lipinski definition) is 1. The van der Waals surface area contributed by atoms with Crippen molar-refractivity contribution in [1.82, 2.24) is 9.55 Å². The van der Waals surface area contributed by atoms with Gasteiger partial charge in [0, 0.05) is 18.7 Å². The van der Waals surface area contributed by atoms with E-state index in [-0.39, 0.29) is 0 Å². The minimum absolute atomic E-state index is 0.610. The van der Waals surface area contributed by atoms with Crippen LogP contribution in [-0.4, -0.2) is 16.1 Å². The SMILES string of the molecule is Cc1ccccc1-c1nc2ccccc2n1CCN. The lowest BCUT2D eigenvalue weighted by Crippen LogP contribution is -2.11. The highest BCUT2D eigenvalue weighted by Crippen LogP contribution is 2.26. The quantitative estimate of drug-likeness (QED) is 0.777. The first-order valence-electron chi connectivity index (χ1n) is 6.52. The number of hydrogen-bond acceptors (Lipinski definition) is 2. The summed E-state index contributed by atoms with van der Waals surface area (Å²) in [6.45, 7) is 3.50. The van der Waals surface area contributed by atoms with Crippen molar-refractivity contribution in [3.8, 4) is 11.4 Å². The van der Waals surface area contributed by atoms with Crippen LogP contribution in [0.1, 0.15) is 5.56 Å². The van der Waals surface area contributed by atoms with Crippen molar-refractivity contribution in [3.63, 3.8) is 0 Å². The maximum Gasteiger partial charge on any atom is 0.141 e. The summed E-state index contributed by atoms with van der Waals surface area (Å²) < 4.78 is 2.21. The molecule has 3 rings (SSSR count). The van der Waals surface area contributed by atoms with E-state index in [1.54, 1.807) is 0 Å². The molecule has 0 spiro atoms. The Hall–Kier alpha value is -2.13. The van der Waals surface area contributed by atoms with E-state index in [1.807, 2.05) is 18.2 Å². The fraction of sp³-hybridized carbons (Fsp3) is 0.188. The largest absolute Gasteiger partial charge is 0.329 e. The van der Waals surface area contributed by atoms with E-state index in [0.717, 1.165) is 23.4 Å². The molecule has 1 aromatic heterocycles. The Balaban J connectivity index is 2.28. The number of fused-ring (bicyclic) bond motifs is 1. The van der Waals surface area contributed by atoms with Crippen molar-refractivity contribution >= 4 is 11.0 Å². The van der Waals surface area contributed by atoms with Crippen LogP contribution in [0.15, 0.2) is 48.5 Å². The lowest BCUT2D eigenvalue weighted by Gasteiger charge is -2.09. The molecule has 0 aliphatic rings. The van der Waals surface area contributed by atoms with Gasteiger partial charge in [-0.2, -0.15) is 0 Å². The highest BCUT2D eigenvalue weighted by Gasteiger charge is 2.12. The first kappa shape index (κ1) is 11.9. The zero-order chi connectivity index (χ0) is 13.2. The average molecular weight is 251 g/mol. The van der Waals surface area contributed by atoms with Crippen LogP contribution in [0.3, 0.4) is 0 Å². The van der Waals surface area contributed by atoms with E-state index in [0.29, 0.717) is 6.54 Å². The van der Waals surface area contributed by atoms with Crippen LogP contribution < -0.4 is 5.73 Å². The van der Waals surface area contributed by atoms with Gasteiger partial charge in [0.1, 0.15) is 5.82 Å². The van der Waals surface area contributed by atoms with Gasteiger partial charge < -0.3 is 10.3 Å². The fourth-order valence-electron chi connectivity index (χ4n) is 2.46. The third kappa shape index (κ3) is 2.02. The third-order valence-electron chi connectivity index (χ3n) is 3.39. The van der Waals surface area contributed by atoms with Gasteiger partial charge in [-0.25, -0.2) is 4.98 Å². The number of imidazole rings is 1. The van der Waals surface area contributed by atoms with Crippen LogP contribution >= 0.6 is 0 Å². The smallest absolute Gasteiger partial charge is 0.141 e. The molecule has 0 bridgehead atoms. The molecule has 0 amide bonds. The van der Waals surface area contributed by atoms with Gasteiger partial charge in [0.15, 0.2) is 0 Å². The van der Waals surface area contributed by atoms with Crippen molar-refractivity contribution in [3.05, 3.63) is 54.1 Å². The van der Waals surface area contributed by atoms with Crippen LogP contribution in [-0.2, 0) is 6.54 Å². The Morgan fingerprint density at radius 3 is 2.58 bits per heavy atom. The van der Waals surface area contributed by atoms with Crippen molar-refractivity contribution in [2.45, 2.75) is 13.5 Å². The van der Waals surface area contributed by atoms with Crippen LogP contribution in [0.2, 0.25) is 0 Å². The third-order valence-corrected chi connectivity index (χ3v) is 3.39. The van der Waals surface area contributed by atoms with E-state index >= 15 is 0 Å². The maximum atomic E-state index is 5.75. The summed E-state index contributed by atoms with van der Waals surface area (Å²) in [5, 5.41) is 0. The average Bonchev–Trinajstić information content (AvgIpc) is 2.79. The molecule has 96 valence electrons. The molecule has 0 fully saturated rings. The summed E-state index contributed by atoms with van der Waals surface area (Å²) in [5.41, 5.74) is 10.3. The van der Waals surface area contributed by atoms with E-state index in [4.69, 9.17) is 10.7 Å². The first-order chi connectivity index (χ1) is 9.31. The Kier molecular flexibility index (Phi) is 3.05. The number of nitrogens with two attached hydrogens (primary N) is 1. The normalized spacial score (nSPS) is 11.1. The van der Waals surface area contributed by atoms with E-state index < -0.39 is 0 Å². The monoisotopic (exact) mass is 251 g/mol. The van der Waals surface area contributed by atoms with Gasteiger partial charge >= 0.3 is 0 Å². The van der Waals surface area contributed by atoms with Crippen molar-refractivity contribution in [2.75, 3.05) is 6.54 Å². The van der Waals surface area contributed by atoms with Crippen molar-refractivity contribution in [1.29, 1.82) is 0 Å². The highest BCUT2D eigenvalue weighted by atomic mass is 15.1. The number of rotatable bonds is 3. The molecule has 0 atom stereocenters.